The zero-order valence-electron chi connectivity index (χ0n) is 9.72. The van der Waals surface area contributed by atoms with E-state index in [4.69, 9.17) is 10.2 Å². The number of rotatable bonds is 5. The van der Waals surface area contributed by atoms with E-state index >= 15 is 0 Å². The molecule has 2 aromatic heterocycles. The monoisotopic (exact) mass is 233 g/mol. The number of unbranched alkanes of at least 4 members (excludes halogenated alkanes) is 1. The number of hydrogen-bond acceptors (Lipinski definition) is 4. The van der Waals surface area contributed by atoms with Crippen LogP contribution in [0.2, 0.25) is 0 Å². The lowest BCUT2D eigenvalue weighted by Gasteiger charge is -2.01. The van der Waals surface area contributed by atoms with Gasteiger partial charge in [-0.3, -0.25) is 4.79 Å². The Labute approximate surface area is 99.2 Å². The van der Waals surface area contributed by atoms with Crippen molar-refractivity contribution in [2.75, 3.05) is 5.73 Å². The molecule has 2 heterocycles. The first-order chi connectivity index (χ1) is 8.27. The minimum absolute atomic E-state index is 0.399. The van der Waals surface area contributed by atoms with Crippen molar-refractivity contribution < 1.29 is 9.21 Å². The molecule has 0 fully saturated rings. The number of aryl methyl sites for hydroxylation is 1. The highest BCUT2D eigenvalue weighted by molar-refractivity contribution is 5.90. The fraction of sp³-hybridized carbons (Fsp3) is 0.333. The molecule has 2 N–H and O–H groups in total. The second-order valence-corrected chi connectivity index (χ2v) is 3.82. The van der Waals surface area contributed by atoms with Crippen molar-refractivity contribution in [1.82, 2.24) is 9.78 Å². The van der Waals surface area contributed by atoms with Gasteiger partial charge in [-0.05, 0) is 18.6 Å². The summed E-state index contributed by atoms with van der Waals surface area (Å²) in [6.45, 7) is 2.80. The molecule has 0 atom stereocenters. The predicted octanol–water partition coefficient (Wildman–Crippen LogP) is 2.34. The van der Waals surface area contributed by atoms with Gasteiger partial charge in [0.05, 0.1) is 11.8 Å². The lowest BCUT2D eigenvalue weighted by molar-refractivity contribution is 0.112. The third-order valence-corrected chi connectivity index (χ3v) is 2.63. The van der Waals surface area contributed by atoms with Crippen molar-refractivity contribution in [2.45, 2.75) is 26.3 Å². The Kier molecular flexibility index (Phi) is 3.27. The molecule has 0 aliphatic heterocycles. The van der Waals surface area contributed by atoms with Gasteiger partial charge in [0.1, 0.15) is 11.5 Å². The van der Waals surface area contributed by atoms with Crippen molar-refractivity contribution in [2.24, 2.45) is 0 Å². The van der Waals surface area contributed by atoms with Gasteiger partial charge >= 0.3 is 0 Å². The first-order valence-electron chi connectivity index (χ1n) is 5.63. The number of hydrogen-bond donors (Lipinski definition) is 1. The number of aldehydes is 1. The Morgan fingerprint density at radius 2 is 2.41 bits per heavy atom. The van der Waals surface area contributed by atoms with E-state index in [0.29, 0.717) is 29.4 Å². The predicted molar refractivity (Wildman–Crippen MR) is 64.6 cm³/mol. The molecule has 0 unspecified atom stereocenters. The zero-order chi connectivity index (χ0) is 12.3. The lowest BCUT2D eigenvalue weighted by atomic mass is 10.2. The molecular weight excluding hydrogens is 218 g/mol. The highest BCUT2D eigenvalue weighted by Gasteiger charge is 2.17. The molecule has 0 saturated heterocycles. The Bertz CT molecular complexity index is 500. The van der Waals surface area contributed by atoms with Crippen LogP contribution in [0.1, 0.15) is 30.1 Å². The van der Waals surface area contributed by atoms with Crippen LogP contribution < -0.4 is 5.73 Å². The number of nitrogens with two attached hydrogens (primary N) is 1. The van der Waals surface area contributed by atoms with E-state index in [1.165, 1.54) is 0 Å². The van der Waals surface area contributed by atoms with Gasteiger partial charge in [0.15, 0.2) is 12.0 Å². The molecule has 17 heavy (non-hydrogen) atoms. The van der Waals surface area contributed by atoms with Crippen LogP contribution in [-0.2, 0) is 6.54 Å². The van der Waals surface area contributed by atoms with Gasteiger partial charge in [-0.2, -0.15) is 5.10 Å². The third-order valence-electron chi connectivity index (χ3n) is 2.63. The van der Waals surface area contributed by atoms with E-state index in [1.54, 1.807) is 23.1 Å². The maximum atomic E-state index is 11.1. The number of carbonyl (C=O) groups is 1. The van der Waals surface area contributed by atoms with Gasteiger partial charge in [0.25, 0.3) is 0 Å². The summed E-state index contributed by atoms with van der Waals surface area (Å²) in [5, 5.41) is 4.33. The summed E-state index contributed by atoms with van der Waals surface area (Å²) in [6.07, 6.45) is 4.29. The maximum Gasteiger partial charge on any atom is 0.156 e. The van der Waals surface area contributed by atoms with Crippen molar-refractivity contribution in [3.8, 4) is 11.5 Å². The van der Waals surface area contributed by atoms with Crippen molar-refractivity contribution in [3.63, 3.8) is 0 Å². The minimum atomic E-state index is 0.399. The van der Waals surface area contributed by atoms with Crippen LogP contribution in [0.25, 0.3) is 11.5 Å². The minimum Gasteiger partial charge on any atom is -0.463 e. The smallest absolute Gasteiger partial charge is 0.156 e. The SMILES string of the molecule is CCCCn1nc(-c2ccco2)c(C=O)c1N. The normalized spacial score (nSPS) is 10.6. The molecule has 0 saturated carbocycles. The van der Waals surface area contributed by atoms with Crippen LogP contribution in [-0.4, -0.2) is 16.1 Å². The fourth-order valence-electron chi connectivity index (χ4n) is 1.68. The second-order valence-electron chi connectivity index (χ2n) is 3.82. The molecular formula is C12H15N3O2. The van der Waals surface area contributed by atoms with Gasteiger partial charge in [-0.15, -0.1) is 0 Å². The van der Waals surface area contributed by atoms with Crippen LogP contribution >= 0.6 is 0 Å². The van der Waals surface area contributed by atoms with Crippen LogP contribution in [0.5, 0.6) is 0 Å². The summed E-state index contributed by atoms with van der Waals surface area (Å²) >= 11 is 0. The Morgan fingerprint density at radius 3 is 3.00 bits per heavy atom. The number of nitrogens with zero attached hydrogens (tertiary/aromatic N) is 2. The van der Waals surface area contributed by atoms with Crippen LogP contribution in [0.4, 0.5) is 5.82 Å². The van der Waals surface area contributed by atoms with E-state index < -0.39 is 0 Å². The number of carbonyl (C=O) groups excluding carboxylic acids is 1. The first-order valence-corrected chi connectivity index (χ1v) is 5.63. The zero-order valence-corrected chi connectivity index (χ0v) is 9.72. The molecule has 0 aliphatic rings. The number of anilines is 1. The molecule has 0 spiro atoms. The van der Waals surface area contributed by atoms with E-state index in [0.717, 1.165) is 19.1 Å². The number of aromatic nitrogens is 2. The molecule has 5 nitrogen and oxygen atoms in total. The standard InChI is InChI=1S/C12H15N3O2/c1-2-3-6-15-12(13)9(8-16)11(14-15)10-5-4-7-17-10/h4-5,7-8H,2-3,6,13H2,1H3. The van der Waals surface area contributed by atoms with Crippen LogP contribution in [0.3, 0.4) is 0 Å². The van der Waals surface area contributed by atoms with Gasteiger partial charge in [0, 0.05) is 6.54 Å². The molecule has 0 radical (unpaired) electrons. The average Bonchev–Trinajstić information content (AvgIpc) is 2.94. The van der Waals surface area contributed by atoms with Gasteiger partial charge in [-0.25, -0.2) is 4.68 Å². The Morgan fingerprint density at radius 1 is 1.59 bits per heavy atom. The van der Waals surface area contributed by atoms with Gasteiger partial charge in [0.2, 0.25) is 0 Å². The summed E-state index contributed by atoms with van der Waals surface area (Å²) in [7, 11) is 0. The summed E-state index contributed by atoms with van der Waals surface area (Å²) in [4.78, 5) is 11.1. The Balaban J connectivity index is 2.42. The van der Waals surface area contributed by atoms with Crippen molar-refractivity contribution in [3.05, 3.63) is 24.0 Å². The molecule has 0 amide bonds. The highest BCUT2D eigenvalue weighted by Crippen LogP contribution is 2.26. The largest absolute Gasteiger partial charge is 0.463 e. The Hall–Kier alpha value is -2.04. The van der Waals surface area contributed by atoms with Gasteiger partial charge in [-0.1, -0.05) is 13.3 Å². The van der Waals surface area contributed by atoms with E-state index in [2.05, 4.69) is 12.0 Å². The molecule has 2 rings (SSSR count). The summed E-state index contributed by atoms with van der Waals surface area (Å²) in [6, 6.07) is 3.52. The fourth-order valence-corrected chi connectivity index (χ4v) is 1.68. The first kappa shape index (κ1) is 11.4. The van der Waals surface area contributed by atoms with Crippen molar-refractivity contribution in [1.29, 1.82) is 0 Å². The highest BCUT2D eigenvalue weighted by atomic mass is 16.3. The summed E-state index contributed by atoms with van der Waals surface area (Å²) < 4.78 is 6.90. The summed E-state index contributed by atoms with van der Waals surface area (Å²) in [5.41, 5.74) is 6.80. The maximum absolute atomic E-state index is 11.1. The lowest BCUT2D eigenvalue weighted by Crippen LogP contribution is -2.05. The topological polar surface area (TPSA) is 74.0 Å². The van der Waals surface area contributed by atoms with Crippen molar-refractivity contribution >= 4 is 12.1 Å². The molecule has 90 valence electrons. The molecule has 0 aliphatic carbocycles. The molecule has 5 heteroatoms. The van der Waals surface area contributed by atoms with E-state index in [9.17, 15) is 4.79 Å². The number of furan rings is 1. The molecule has 0 bridgehead atoms. The molecule has 0 aromatic carbocycles. The third kappa shape index (κ3) is 2.08. The van der Waals surface area contributed by atoms with E-state index in [1.807, 2.05) is 0 Å². The molecule has 2 aromatic rings. The van der Waals surface area contributed by atoms with Crippen LogP contribution in [0.15, 0.2) is 22.8 Å². The quantitative estimate of drug-likeness (QED) is 0.804. The average molecular weight is 233 g/mol. The van der Waals surface area contributed by atoms with E-state index in [-0.39, 0.29) is 0 Å². The number of nitrogen functional groups attached to an aromatic ring is 1. The summed E-state index contributed by atoms with van der Waals surface area (Å²) in [5.74, 6) is 0.967. The van der Waals surface area contributed by atoms with Crippen LogP contribution in [0, 0.1) is 0 Å². The second kappa shape index (κ2) is 4.86. The van der Waals surface area contributed by atoms with Gasteiger partial charge < -0.3 is 10.2 Å².